The van der Waals surface area contributed by atoms with E-state index >= 15 is 0 Å². The number of nitrogens with one attached hydrogen (secondary N) is 1. The zero-order valence-electron chi connectivity index (χ0n) is 12.9. The molecule has 0 spiro atoms. The lowest BCUT2D eigenvalue weighted by molar-refractivity contribution is 0.0956. The van der Waals surface area contributed by atoms with Crippen molar-refractivity contribution in [3.8, 4) is 0 Å². The van der Waals surface area contributed by atoms with E-state index in [2.05, 4.69) is 24.2 Å². The predicted octanol–water partition coefficient (Wildman–Crippen LogP) is 2.80. The quantitative estimate of drug-likeness (QED) is 0.768. The zero-order chi connectivity index (χ0) is 13.5. The minimum atomic E-state index is 0.567. The summed E-state index contributed by atoms with van der Waals surface area (Å²) in [7, 11) is 2.31. The molecule has 3 heteroatoms. The molecule has 2 aliphatic rings. The Bertz CT molecular complexity index is 233. The van der Waals surface area contributed by atoms with Gasteiger partial charge < -0.3 is 15.0 Å². The van der Waals surface area contributed by atoms with E-state index in [1.54, 1.807) is 0 Å². The van der Waals surface area contributed by atoms with Gasteiger partial charge in [-0.3, -0.25) is 0 Å². The van der Waals surface area contributed by atoms with Crippen LogP contribution in [0.4, 0.5) is 0 Å². The highest BCUT2D eigenvalue weighted by Gasteiger charge is 2.23. The molecule has 1 heterocycles. The molecule has 112 valence electrons. The highest BCUT2D eigenvalue weighted by Crippen LogP contribution is 2.23. The van der Waals surface area contributed by atoms with Gasteiger partial charge in [-0.1, -0.05) is 6.92 Å². The van der Waals surface area contributed by atoms with Crippen LogP contribution in [0.2, 0.25) is 0 Å². The average Bonchev–Trinajstić information content (AvgIpc) is 2.93. The minimum absolute atomic E-state index is 0.567. The molecule has 0 bridgehead atoms. The Morgan fingerprint density at radius 1 is 1.16 bits per heavy atom. The van der Waals surface area contributed by atoms with Gasteiger partial charge in [-0.25, -0.2) is 0 Å². The molecule has 2 rings (SSSR count). The van der Waals surface area contributed by atoms with E-state index in [1.165, 1.54) is 57.9 Å². The Labute approximate surface area is 119 Å². The van der Waals surface area contributed by atoms with Crippen LogP contribution in [0.1, 0.15) is 58.3 Å². The summed E-state index contributed by atoms with van der Waals surface area (Å²) in [6.45, 7) is 5.57. The maximum Gasteiger partial charge on any atom is 0.0576 e. The number of ether oxygens (including phenoxy) is 1. The van der Waals surface area contributed by atoms with Crippen LogP contribution in [-0.4, -0.2) is 49.8 Å². The second kappa shape index (κ2) is 8.23. The molecule has 1 aliphatic carbocycles. The Morgan fingerprint density at radius 3 is 2.58 bits per heavy atom. The van der Waals surface area contributed by atoms with Gasteiger partial charge in [0.2, 0.25) is 0 Å². The molecule has 3 nitrogen and oxygen atoms in total. The maximum atomic E-state index is 5.69. The standard InChI is InChI=1S/C16H32N2O/c1-3-17-14-8-10-15(11-9-14)18(2)12-4-6-16-7-5-13-19-16/h14-17H,3-13H2,1-2H3. The van der Waals surface area contributed by atoms with E-state index in [0.717, 1.165) is 25.2 Å². The Kier molecular flexibility index (Phi) is 6.62. The Morgan fingerprint density at radius 2 is 1.95 bits per heavy atom. The van der Waals surface area contributed by atoms with E-state index in [-0.39, 0.29) is 0 Å². The van der Waals surface area contributed by atoms with Crippen LogP contribution in [0.5, 0.6) is 0 Å². The van der Waals surface area contributed by atoms with Crippen LogP contribution in [0.25, 0.3) is 0 Å². The molecule has 1 saturated heterocycles. The third kappa shape index (κ3) is 5.05. The summed E-state index contributed by atoms with van der Waals surface area (Å²) in [5, 5.41) is 3.59. The van der Waals surface area contributed by atoms with Crippen molar-refractivity contribution in [2.45, 2.75) is 76.5 Å². The summed E-state index contributed by atoms with van der Waals surface area (Å²) in [6, 6.07) is 1.60. The van der Waals surface area contributed by atoms with Gasteiger partial charge in [0.1, 0.15) is 0 Å². The Balaban J connectivity index is 1.57. The molecule has 0 aromatic heterocycles. The largest absolute Gasteiger partial charge is 0.378 e. The van der Waals surface area contributed by atoms with Gasteiger partial charge in [-0.05, 0) is 71.5 Å². The SMILES string of the molecule is CCNC1CCC(N(C)CCCC2CCCO2)CC1. The average molecular weight is 268 g/mol. The molecule has 2 fully saturated rings. The van der Waals surface area contributed by atoms with E-state index in [9.17, 15) is 0 Å². The van der Waals surface area contributed by atoms with E-state index in [4.69, 9.17) is 4.74 Å². The van der Waals surface area contributed by atoms with Gasteiger partial charge in [-0.15, -0.1) is 0 Å². The molecule has 1 atom stereocenters. The lowest BCUT2D eigenvalue weighted by Gasteiger charge is -2.35. The van der Waals surface area contributed by atoms with Gasteiger partial charge in [0.15, 0.2) is 0 Å². The number of hydrogen-bond donors (Lipinski definition) is 1. The second-order valence-corrected chi connectivity index (χ2v) is 6.32. The molecule has 0 radical (unpaired) electrons. The van der Waals surface area contributed by atoms with Crippen LogP contribution in [0.3, 0.4) is 0 Å². The molecule has 1 unspecified atom stereocenters. The van der Waals surface area contributed by atoms with Gasteiger partial charge >= 0.3 is 0 Å². The van der Waals surface area contributed by atoms with Crippen molar-refractivity contribution >= 4 is 0 Å². The lowest BCUT2D eigenvalue weighted by atomic mass is 9.90. The summed E-state index contributed by atoms with van der Waals surface area (Å²) in [4.78, 5) is 2.59. The molecule has 19 heavy (non-hydrogen) atoms. The molecule has 0 aromatic rings. The smallest absolute Gasteiger partial charge is 0.0576 e. The summed E-state index contributed by atoms with van der Waals surface area (Å²) in [5.41, 5.74) is 0. The van der Waals surface area contributed by atoms with Crippen molar-refractivity contribution in [1.29, 1.82) is 0 Å². The number of rotatable bonds is 7. The highest BCUT2D eigenvalue weighted by atomic mass is 16.5. The lowest BCUT2D eigenvalue weighted by Crippen LogP contribution is -2.41. The predicted molar refractivity (Wildman–Crippen MR) is 80.6 cm³/mol. The first-order valence-electron chi connectivity index (χ1n) is 8.34. The van der Waals surface area contributed by atoms with Crippen molar-refractivity contribution in [1.82, 2.24) is 10.2 Å². The molecule has 1 N–H and O–H groups in total. The molecule has 1 saturated carbocycles. The van der Waals surface area contributed by atoms with Crippen molar-refractivity contribution in [3.63, 3.8) is 0 Å². The summed E-state index contributed by atoms with van der Waals surface area (Å²) < 4.78 is 5.69. The summed E-state index contributed by atoms with van der Waals surface area (Å²) >= 11 is 0. The number of nitrogens with zero attached hydrogens (tertiary/aromatic N) is 1. The van der Waals surface area contributed by atoms with Crippen molar-refractivity contribution in [2.24, 2.45) is 0 Å². The summed E-state index contributed by atoms with van der Waals surface area (Å²) in [5.74, 6) is 0. The van der Waals surface area contributed by atoms with Gasteiger partial charge in [-0.2, -0.15) is 0 Å². The molecule has 0 aromatic carbocycles. The van der Waals surface area contributed by atoms with Gasteiger partial charge in [0.05, 0.1) is 6.10 Å². The van der Waals surface area contributed by atoms with Crippen LogP contribution < -0.4 is 5.32 Å². The molecular weight excluding hydrogens is 236 g/mol. The van der Waals surface area contributed by atoms with Crippen molar-refractivity contribution in [2.75, 3.05) is 26.7 Å². The monoisotopic (exact) mass is 268 g/mol. The third-order valence-electron chi connectivity index (χ3n) is 4.87. The first kappa shape index (κ1) is 15.3. The minimum Gasteiger partial charge on any atom is -0.378 e. The van der Waals surface area contributed by atoms with Crippen LogP contribution in [0, 0.1) is 0 Å². The van der Waals surface area contributed by atoms with Gasteiger partial charge in [0.25, 0.3) is 0 Å². The van der Waals surface area contributed by atoms with Crippen molar-refractivity contribution < 1.29 is 4.74 Å². The van der Waals surface area contributed by atoms with Crippen LogP contribution in [-0.2, 0) is 4.74 Å². The number of hydrogen-bond acceptors (Lipinski definition) is 3. The maximum absolute atomic E-state index is 5.69. The van der Waals surface area contributed by atoms with Crippen molar-refractivity contribution in [3.05, 3.63) is 0 Å². The van der Waals surface area contributed by atoms with E-state index in [0.29, 0.717) is 6.10 Å². The fourth-order valence-corrected chi connectivity index (χ4v) is 3.63. The Hall–Kier alpha value is -0.120. The van der Waals surface area contributed by atoms with Crippen LogP contribution >= 0.6 is 0 Å². The fraction of sp³-hybridized carbons (Fsp3) is 1.00. The normalized spacial score (nSPS) is 32.1. The van der Waals surface area contributed by atoms with Crippen LogP contribution in [0.15, 0.2) is 0 Å². The fourth-order valence-electron chi connectivity index (χ4n) is 3.63. The molecule has 0 amide bonds. The third-order valence-corrected chi connectivity index (χ3v) is 4.87. The second-order valence-electron chi connectivity index (χ2n) is 6.32. The van der Waals surface area contributed by atoms with E-state index < -0.39 is 0 Å². The first-order chi connectivity index (χ1) is 9.29. The first-order valence-corrected chi connectivity index (χ1v) is 8.34. The zero-order valence-corrected chi connectivity index (χ0v) is 12.9. The summed E-state index contributed by atoms with van der Waals surface area (Å²) in [6.07, 6.45) is 11.1. The highest BCUT2D eigenvalue weighted by molar-refractivity contribution is 4.81. The van der Waals surface area contributed by atoms with Gasteiger partial charge in [0, 0.05) is 18.7 Å². The molecular formula is C16H32N2O. The topological polar surface area (TPSA) is 24.5 Å². The van der Waals surface area contributed by atoms with E-state index in [1.807, 2.05) is 0 Å². The molecule has 1 aliphatic heterocycles.